The lowest BCUT2D eigenvalue weighted by molar-refractivity contribution is -0.137. The number of rotatable bonds is 2. The Hall–Kier alpha value is -2.30. The van der Waals surface area contributed by atoms with E-state index in [2.05, 4.69) is 37.0 Å². The average Bonchev–Trinajstić information content (AvgIpc) is 3.19. The number of aryl methyl sites for hydroxylation is 2. The quantitative estimate of drug-likeness (QED) is 0.885. The van der Waals surface area contributed by atoms with Crippen molar-refractivity contribution < 1.29 is 9.59 Å². The molecule has 5 nitrogen and oxygen atoms in total. The van der Waals surface area contributed by atoms with Gasteiger partial charge in [0.1, 0.15) is 0 Å². The van der Waals surface area contributed by atoms with Gasteiger partial charge >= 0.3 is 0 Å². The summed E-state index contributed by atoms with van der Waals surface area (Å²) in [7, 11) is 1.91. The van der Waals surface area contributed by atoms with Gasteiger partial charge in [0.25, 0.3) is 0 Å². The molecule has 2 saturated heterocycles. The monoisotopic (exact) mass is 367 g/mol. The maximum Gasteiger partial charge on any atom is 0.227 e. The minimum absolute atomic E-state index is 0.166. The Morgan fingerprint density at radius 3 is 2.81 bits per heavy atom. The lowest BCUT2D eigenvalue weighted by atomic mass is 9.97. The van der Waals surface area contributed by atoms with Crippen molar-refractivity contribution in [3.8, 4) is 0 Å². The fourth-order valence-electron chi connectivity index (χ4n) is 4.97. The number of benzene rings is 1. The molecule has 2 atom stereocenters. The smallest absolute Gasteiger partial charge is 0.227 e. The van der Waals surface area contributed by atoms with E-state index in [1.807, 2.05) is 16.8 Å². The molecule has 2 amide bonds. The summed E-state index contributed by atoms with van der Waals surface area (Å²) < 4.78 is 0. The van der Waals surface area contributed by atoms with Gasteiger partial charge in [-0.1, -0.05) is 24.6 Å². The van der Waals surface area contributed by atoms with E-state index in [0.29, 0.717) is 12.8 Å². The molecule has 1 aromatic heterocycles. The van der Waals surface area contributed by atoms with E-state index in [9.17, 15) is 9.59 Å². The summed E-state index contributed by atoms with van der Waals surface area (Å²) in [5, 5.41) is 1.15. The number of aromatic nitrogens is 1. The highest BCUT2D eigenvalue weighted by Crippen LogP contribution is 2.31. The second-order valence-corrected chi connectivity index (χ2v) is 8.16. The number of likely N-dealkylation sites (N-methyl/N-ethyl adjacent to an activating group) is 1. The molecule has 1 N–H and O–H groups in total. The van der Waals surface area contributed by atoms with Crippen molar-refractivity contribution in [2.75, 3.05) is 13.6 Å². The predicted octanol–water partition coefficient (Wildman–Crippen LogP) is 3.33. The third-order valence-corrected chi connectivity index (χ3v) is 6.55. The fraction of sp³-hybridized carbons (Fsp3) is 0.545. The molecule has 2 aliphatic rings. The molecule has 2 fully saturated rings. The number of hydrogen-bond donors (Lipinski definition) is 1. The number of hydrogen-bond acceptors (Lipinski definition) is 2. The lowest BCUT2D eigenvalue weighted by Crippen LogP contribution is -2.48. The number of carbonyl (C=O) groups is 2. The van der Waals surface area contributed by atoms with E-state index >= 15 is 0 Å². The number of nitrogens with zero attached hydrogens (tertiary/aromatic N) is 2. The number of fused-ring (bicyclic) bond motifs is 2. The minimum Gasteiger partial charge on any atom is -0.358 e. The van der Waals surface area contributed by atoms with Gasteiger partial charge in [-0.2, -0.15) is 0 Å². The van der Waals surface area contributed by atoms with Crippen LogP contribution in [-0.4, -0.2) is 52.3 Å². The van der Waals surface area contributed by atoms with Gasteiger partial charge in [-0.15, -0.1) is 0 Å². The molecule has 0 spiro atoms. The van der Waals surface area contributed by atoms with Gasteiger partial charge < -0.3 is 14.8 Å². The van der Waals surface area contributed by atoms with Crippen LogP contribution in [0.2, 0.25) is 0 Å². The number of nitrogens with one attached hydrogen (secondary N) is 1. The van der Waals surface area contributed by atoms with Crippen LogP contribution in [0.25, 0.3) is 10.9 Å². The molecule has 1 aromatic carbocycles. The number of carbonyl (C=O) groups excluding carboxylic acids is 2. The van der Waals surface area contributed by atoms with Gasteiger partial charge in [-0.25, -0.2) is 0 Å². The van der Waals surface area contributed by atoms with Crippen LogP contribution >= 0.6 is 0 Å². The first-order valence-corrected chi connectivity index (χ1v) is 10.1. The maximum absolute atomic E-state index is 13.2. The topological polar surface area (TPSA) is 56.4 Å². The van der Waals surface area contributed by atoms with Crippen molar-refractivity contribution in [3.63, 3.8) is 0 Å². The fourth-order valence-corrected chi connectivity index (χ4v) is 4.97. The summed E-state index contributed by atoms with van der Waals surface area (Å²) in [5.41, 5.74) is 4.52. The molecule has 2 aromatic rings. The molecule has 4 rings (SSSR count). The summed E-state index contributed by atoms with van der Waals surface area (Å²) >= 11 is 0. The molecular weight excluding hydrogens is 338 g/mol. The van der Waals surface area contributed by atoms with Crippen LogP contribution in [0.4, 0.5) is 0 Å². The van der Waals surface area contributed by atoms with E-state index in [1.165, 1.54) is 5.56 Å². The third-order valence-electron chi connectivity index (χ3n) is 6.55. The first-order chi connectivity index (χ1) is 13.0. The number of likely N-dealkylation sites (tertiary alicyclic amines) is 2. The molecule has 0 bridgehead atoms. The summed E-state index contributed by atoms with van der Waals surface area (Å²) in [5.74, 6) is 0.413. The number of H-pyrrole nitrogens is 1. The zero-order valence-corrected chi connectivity index (χ0v) is 16.5. The lowest BCUT2D eigenvalue weighted by Gasteiger charge is -2.35. The second kappa shape index (κ2) is 7.02. The molecule has 27 heavy (non-hydrogen) atoms. The molecule has 2 aliphatic heterocycles. The Morgan fingerprint density at radius 2 is 2.00 bits per heavy atom. The summed E-state index contributed by atoms with van der Waals surface area (Å²) in [6.45, 7) is 4.90. The van der Waals surface area contributed by atoms with Crippen molar-refractivity contribution in [1.82, 2.24) is 14.8 Å². The zero-order valence-electron chi connectivity index (χ0n) is 16.5. The van der Waals surface area contributed by atoms with E-state index in [4.69, 9.17) is 0 Å². The van der Waals surface area contributed by atoms with E-state index in [-0.39, 0.29) is 23.9 Å². The SMILES string of the molecule is Cc1[nH]c2c(C)cccc2c1CC(=O)N1CC[C@H]2[C@H]1CCCCC(=O)N2C. The van der Waals surface area contributed by atoms with Gasteiger partial charge in [-0.3, -0.25) is 9.59 Å². The largest absolute Gasteiger partial charge is 0.358 e. The van der Waals surface area contributed by atoms with Gasteiger partial charge in [0.2, 0.25) is 11.8 Å². The number of amides is 2. The van der Waals surface area contributed by atoms with Crippen LogP contribution in [-0.2, 0) is 16.0 Å². The predicted molar refractivity (Wildman–Crippen MR) is 107 cm³/mol. The Bertz CT molecular complexity index is 885. The Balaban J connectivity index is 1.58. The van der Waals surface area contributed by atoms with E-state index in [1.54, 1.807) is 0 Å². The molecule has 0 aliphatic carbocycles. The minimum atomic E-state index is 0.166. The maximum atomic E-state index is 13.2. The molecule has 0 saturated carbocycles. The van der Waals surface area contributed by atoms with Crippen LogP contribution in [0.1, 0.15) is 48.9 Å². The Kier molecular flexibility index (Phi) is 4.70. The standard InChI is InChI=1S/C22H29N3O2/c1-14-7-6-8-16-17(15(2)23-22(14)16)13-21(27)25-12-11-18-19(25)9-4-5-10-20(26)24(18)3/h6-8,18-19,23H,4-5,9-13H2,1-3H3/t18-,19+/m0/s1. The van der Waals surface area contributed by atoms with Gasteiger partial charge in [0, 0.05) is 36.6 Å². The van der Waals surface area contributed by atoms with Crippen LogP contribution in [0.3, 0.4) is 0 Å². The van der Waals surface area contributed by atoms with Crippen LogP contribution in [0.15, 0.2) is 18.2 Å². The highest BCUT2D eigenvalue weighted by atomic mass is 16.2. The molecule has 0 radical (unpaired) electrons. The summed E-state index contributed by atoms with van der Waals surface area (Å²) in [6, 6.07) is 6.59. The molecule has 144 valence electrons. The first-order valence-electron chi connectivity index (χ1n) is 10.1. The highest BCUT2D eigenvalue weighted by molar-refractivity contribution is 5.92. The average molecular weight is 367 g/mol. The highest BCUT2D eigenvalue weighted by Gasteiger charge is 2.40. The first kappa shape index (κ1) is 18.1. The molecule has 5 heteroatoms. The van der Waals surface area contributed by atoms with Gasteiger partial charge in [-0.05, 0) is 44.2 Å². The molecule has 0 unspecified atom stereocenters. The Labute approximate surface area is 160 Å². The molecular formula is C22H29N3O2. The van der Waals surface area contributed by atoms with Crippen molar-refractivity contribution in [3.05, 3.63) is 35.0 Å². The van der Waals surface area contributed by atoms with Crippen LogP contribution in [0, 0.1) is 13.8 Å². The summed E-state index contributed by atoms with van der Waals surface area (Å²) in [6.07, 6.45) is 4.91. The van der Waals surface area contributed by atoms with E-state index < -0.39 is 0 Å². The van der Waals surface area contributed by atoms with Gasteiger partial charge in [0.15, 0.2) is 0 Å². The normalized spacial score (nSPS) is 23.4. The van der Waals surface area contributed by atoms with Gasteiger partial charge in [0.05, 0.1) is 18.5 Å². The van der Waals surface area contributed by atoms with Crippen molar-refractivity contribution >= 4 is 22.7 Å². The van der Waals surface area contributed by atoms with Crippen molar-refractivity contribution in [1.29, 1.82) is 0 Å². The number of para-hydroxylation sites is 1. The third kappa shape index (κ3) is 3.13. The van der Waals surface area contributed by atoms with E-state index in [0.717, 1.165) is 54.4 Å². The van der Waals surface area contributed by atoms with Crippen molar-refractivity contribution in [2.24, 2.45) is 0 Å². The van der Waals surface area contributed by atoms with Crippen LogP contribution in [0.5, 0.6) is 0 Å². The second-order valence-electron chi connectivity index (χ2n) is 8.16. The van der Waals surface area contributed by atoms with Crippen molar-refractivity contribution in [2.45, 2.75) is 64.5 Å². The zero-order chi connectivity index (χ0) is 19.1. The Morgan fingerprint density at radius 1 is 1.19 bits per heavy atom. The van der Waals surface area contributed by atoms with Crippen LogP contribution < -0.4 is 0 Å². The summed E-state index contributed by atoms with van der Waals surface area (Å²) in [4.78, 5) is 32.9. The number of aromatic amines is 1. The molecule has 3 heterocycles.